The molecule has 160 valence electrons. The maximum atomic E-state index is 13.0. The van der Waals surface area contributed by atoms with Gasteiger partial charge in [0.25, 0.3) is 0 Å². The fraction of sp³-hybridized carbons (Fsp3) is 0.333. The zero-order valence-corrected chi connectivity index (χ0v) is 18.0. The number of hydrogen-bond acceptors (Lipinski definition) is 5. The molecular weight excluding hydrogens is 406 g/mol. The average molecular weight is 432 g/mol. The summed E-state index contributed by atoms with van der Waals surface area (Å²) in [7, 11) is -0.998. The van der Waals surface area contributed by atoms with E-state index in [9.17, 15) is 18.0 Å². The van der Waals surface area contributed by atoms with Gasteiger partial charge in [-0.05, 0) is 49.2 Å². The molecule has 1 aliphatic rings. The number of benzene rings is 2. The van der Waals surface area contributed by atoms with Crippen LogP contribution in [0.15, 0.2) is 47.4 Å². The molecule has 0 spiro atoms. The van der Waals surface area contributed by atoms with Crippen molar-refractivity contribution >= 4 is 33.2 Å². The molecule has 30 heavy (non-hydrogen) atoms. The van der Waals surface area contributed by atoms with Gasteiger partial charge in [-0.1, -0.05) is 6.07 Å². The summed E-state index contributed by atoms with van der Waals surface area (Å²) in [5.74, 6) is 0.156. The number of hydrogen-bond donors (Lipinski definition) is 1. The minimum atomic E-state index is -3.88. The molecule has 8 nitrogen and oxygen atoms in total. The molecule has 0 aliphatic carbocycles. The highest BCUT2D eigenvalue weighted by atomic mass is 32.2. The normalized spacial score (nSPS) is 14.3. The minimum Gasteiger partial charge on any atom is -0.497 e. The molecule has 3 rings (SSSR count). The van der Waals surface area contributed by atoms with E-state index in [0.717, 1.165) is 10.7 Å². The molecule has 0 radical (unpaired) electrons. The predicted octanol–water partition coefficient (Wildman–Crippen LogP) is 2.39. The van der Waals surface area contributed by atoms with Crippen LogP contribution in [0.2, 0.25) is 0 Å². The number of ether oxygens (including phenoxy) is 1. The summed E-state index contributed by atoms with van der Waals surface area (Å²) in [5, 5.41) is 2.67. The van der Waals surface area contributed by atoms with Gasteiger partial charge in [0.15, 0.2) is 0 Å². The van der Waals surface area contributed by atoms with E-state index < -0.39 is 15.9 Å². The van der Waals surface area contributed by atoms with Crippen molar-refractivity contribution in [3.8, 4) is 5.75 Å². The first-order valence-corrected chi connectivity index (χ1v) is 11.0. The van der Waals surface area contributed by atoms with Crippen molar-refractivity contribution in [2.75, 3.05) is 37.5 Å². The number of nitrogens with zero attached hydrogens (tertiary/aromatic N) is 2. The lowest BCUT2D eigenvalue weighted by Crippen LogP contribution is -2.35. The van der Waals surface area contributed by atoms with Crippen molar-refractivity contribution in [3.63, 3.8) is 0 Å². The SMILES string of the molecule is COc1cccc(NC(=O)CN(C)S(=O)(=O)c2ccc(N3CCCC3=O)cc2C)c1. The maximum Gasteiger partial charge on any atom is 0.243 e. The second-order valence-electron chi connectivity index (χ2n) is 7.14. The highest BCUT2D eigenvalue weighted by molar-refractivity contribution is 7.89. The molecule has 1 saturated heterocycles. The summed E-state index contributed by atoms with van der Waals surface area (Å²) in [5.41, 5.74) is 1.72. The molecule has 1 fully saturated rings. The third-order valence-electron chi connectivity index (χ3n) is 4.95. The number of likely N-dealkylation sites (N-methyl/N-ethyl adjacent to an activating group) is 1. The van der Waals surface area contributed by atoms with Crippen LogP contribution in [-0.2, 0) is 19.6 Å². The van der Waals surface area contributed by atoms with Crippen LogP contribution in [0.1, 0.15) is 18.4 Å². The second-order valence-corrected chi connectivity index (χ2v) is 9.15. The van der Waals surface area contributed by atoms with Gasteiger partial charge < -0.3 is 15.0 Å². The van der Waals surface area contributed by atoms with Crippen LogP contribution in [0, 0.1) is 6.92 Å². The topological polar surface area (TPSA) is 96.0 Å². The first-order chi connectivity index (χ1) is 14.2. The number of nitrogens with one attached hydrogen (secondary N) is 1. The van der Waals surface area contributed by atoms with Gasteiger partial charge in [-0.25, -0.2) is 8.42 Å². The van der Waals surface area contributed by atoms with Gasteiger partial charge >= 0.3 is 0 Å². The minimum absolute atomic E-state index is 0.0383. The Labute approximate surface area is 176 Å². The molecule has 1 N–H and O–H groups in total. The molecule has 0 bridgehead atoms. The third kappa shape index (κ3) is 4.63. The molecule has 1 heterocycles. The molecule has 0 aromatic heterocycles. The molecule has 0 atom stereocenters. The van der Waals surface area contributed by atoms with Crippen molar-refractivity contribution in [3.05, 3.63) is 48.0 Å². The molecule has 2 amide bonds. The Morgan fingerprint density at radius 2 is 2.00 bits per heavy atom. The Morgan fingerprint density at radius 3 is 2.63 bits per heavy atom. The van der Waals surface area contributed by atoms with Gasteiger partial charge in [0.05, 0.1) is 18.6 Å². The van der Waals surface area contributed by atoms with E-state index >= 15 is 0 Å². The summed E-state index contributed by atoms with van der Waals surface area (Å²) >= 11 is 0. The quantitative estimate of drug-likeness (QED) is 0.726. The van der Waals surface area contributed by atoms with Crippen LogP contribution >= 0.6 is 0 Å². The van der Waals surface area contributed by atoms with Gasteiger partial charge in [-0.3, -0.25) is 9.59 Å². The number of anilines is 2. The average Bonchev–Trinajstić information content (AvgIpc) is 3.13. The standard InChI is InChI=1S/C21H25N3O5S/c1-15-12-17(24-11-5-8-21(24)26)9-10-19(15)30(27,28)23(2)14-20(25)22-16-6-4-7-18(13-16)29-3/h4,6-7,9-10,12-13H,5,8,11,14H2,1-3H3,(H,22,25). The molecular formula is C21H25N3O5S. The first kappa shape index (κ1) is 21.8. The number of sulfonamides is 1. The zero-order chi connectivity index (χ0) is 21.9. The molecule has 1 aliphatic heterocycles. The van der Waals surface area contributed by atoms with Crippen LogP contribution < -0.4 is 15.0 Å². The lowest BCUT2D eigenvalue weighted by molar-refractivity contribution is -0.117. The fourth-order valence-electron chi connectivity index (χ4n) is 3.37. The maximum absolute atomic E-state index is 13.0. The van der Waals surface area contributed by atoms with E-state index in [2.05, 4.69) is 5.32 Å². The van der Waals surface area contributed by atoms with Crippen molar-refractivity contribution in [2.24, 2.45) is 0 Å². The van der Waals surface area contributed by atoms with Crippen molar-refractivity contribution in [2.45, 2.75) is 24.7 Å². The number of aryl methyl sites for hydroxylation is 1. The van der Waals surface area contributed by atoms with E-state index in [0.29, 0.717) is 35.7 Å². The van der Waals surface area contributed by atoms with Gasteiger partial charge in [0.2, 0.25) is 21.8 Å². The van der Waals surface area contributed by atoms with Crippen LogP contribution in [0.3, 0.4) is 0 Å². The van der Waals surface area contributed by atoms with Crippen LogP contribution in [0.4, 0.5) is 11.4 Å². The Morgan fingerprint density at radius 1 is 1.23 bits per heavy atom. The largest absolute Gasteiger partial charge is 0.497 e. The monoisotopic (exact) mass is 431 g/mol. The first-order valence-electron chi connectivity index (χ1n) is 9.53. The van der Waals surface area contributed by atoms with Crippen LogP contribution in [-0.4, -0.2) is 51.8 Å². The van der Waals surface area contributed by atoms with Crippen LogP contribution in [0.5, 0.6) is 5.75 Å². The predicted molar refractivity (Wildman–Crippen MR) is 114 cm³/mol. The number of methoxy groups -OCH3 is 1. The van der Waals surface area contributed by atoms with Crippen molar-refractivity contribution < 1.29 is 22.7 Å². The lowest BCUT2D eigenvalue weighted by Gasteiger charge is -2.21. The Bertz CT molecular complexity index is 1070. The Balaban J connectivity index is 1.72. The molecule has 0 saturated carbocycles. The fourth-order valence-corrected chi connectivity index (χ4v) is 4.70. The number of carbonyl (C=O) groups is 2. The smallest absolute Gasteiger partial charge is 0.243 e. The Hall–Kier alpha value is -2.91. The number of amides is 2. The summed E-state index contributed by atoms with van der Waals surface area (Å²) in [6, 6.07) is 11.6. The van der Waals surface area contributed by atoms with E-state index in [1.807, 2.05) is 0 Å². The molecule has 2 aromatic carbocycles. The van der Waals surface area contributed by atoms with Gasteiger partial charge in [-0.15, -0.1) is 0 Å². The number of carbonyl (C=O) groups excluding carboxylic acids is 2. The van der Waals surface area contributed by atoms with E-state index in [-0.39, 0.29) is 17.3 Å². The highest BCUT2D eigenvalue weighted by Crippen LogP contribution is 2.27. The Kier molecular flexibility index (Phi) is 6.42. The summed E-state index contributed by atoms with van der Waals surface area (Å²) in [4.78, 5) is 26.0. The van der Waals surface area contributed by atoms with Crippen molar-refractivity contribution in [1.29, 1.82) is 0 Å². The van der Waals surface area contributed by atoms with Gasteiger partial charge in [0.1, 0.15) is 5.75 Å². The molecule has 2 aromatic rings. The van der Waals surface area contributed by atoms with Crippen LogP contribution in [0.25, 0.3) is 0 Å². The number of rotatable bonds is 7. The van der Waals surface area contributed by atoms with Gasteiger partial charge in [0, 0.05) is 37.5 Å². The van der Waals surface area contributed by atoms with Crippen molar-refractivity contribution in [1.82, 2.24) is 4.31 Å². The summed E-state index contributed by atoms with van der Waals surface area (Å²) < 4.78 is 32.1. The van der Waals surface area contributed by atoms with E-state index in [4.69, 9.17) is 4.74 Å². The second kappa shape index (κ2) is 8.85. The van der Waals surface area contributed by atoms with Gasteiger partial charge in [-0.2, -0.15) is 4.31 Å². The zero-order valence-electron chi connectivity index (χ0n) is 17.2. The lowest BCUT2D eigenvalue weighted by atomic mass is 10.2. The highest BCUT2D eigenvalue weighted by Gasteiger charge is 2.27. The molecule has 9 heteroatoms. The summed E-state index contributed by atoms with van der Waals surface area (Å²) in [6.07, 6.45) is 1.30. The third-order valence-corrected chi connectivity index (χ3v) is 6.92. The summed E-state index contributed by atoms with van der Waals surface area (Å²) in [6.45, 7) is 1.97. The van der Waals surface area contributed by atoms with E-state index in [1.165, 1.54) is 20.2 Å². The van der Waals surface area contributed by atoms with E-state index in [1.54, 1.807) is 48.2 Å². The molecule has 0 unspecified atom stereocenters.